The number of hydrogen-bond acceptors (Lipinski definition) is 2. The summed E-state index contributed by atoms with van der Waals surface area (Å²) >= 11 is 0. The van der Waals surface area contributed by atoms with Crippen molar-refractivity contribution in [1.82, 2.24) is 0 Å². The molecule has 0 aromatic heterocycles. The normalized spacial score (nSPS) is 12.3. The van der Waals surface area contributed by atoms with Crippen LogP contribution < -0.4 is 4.74 Å². The number of carboxylic acids is 1. The van der Waals surface area contributed by atoms with Gasteiger partial charge in [0, 0.05) is 0 Å². The van der Waals surface area contributed by atoms with Crippen LogP contribution in [0.1, 0.15) is 25.8 Å². The van der Waals surface area contributed by atoms with Crippen LogP contribution in [0, 0.1) is 0 Å². The van der Waals surface area contributed by atoms with Crippen molar-refractivity contribution in [2.24, 2.45) is 0 Å². The molecule has 1 rings (SSSR count). The molecule has 3 nitrogen and oxygen atoms in total. The van der Waals surface area contributed by atoms with Crippen LogP contribution in [-0.2, 0) is 11.0 Å². The predicted molar refractivity (Wildman–Crippen MR) is 58.4 cm³/mol. The number of rotatable bonds is 4. The van der Waals surface area contributed by atoms with Gasteiger partial charge in [0.25, 0.3) is 0 Å². The SMILES string of the molecule is CC(C)(CC(=O)O)Oc1ccc(C(F)(F)F)cc1. The van der Waals surface area contributed by atoms with Crippen LogP contribution in [-0.4, -0.2) is 16.7 Å². The van der Waals surface area contributed by atoms with E-state index in [4.69, 9.17) is 9.84 Å². The fraction of sp³-hybridized carbons (Fsp3) is 0.417. The van der Waals surface area contributed by atoms with E-state index in [2.05, 4.69) is 0 Å². The summed E-state index contributed by atoms with van der Waals surface area (Å²) in [6.45, 7) is 3.11. The number of ether oxygens (including phenoxy) is 1. The third kappa shape index (κ3) is 4.27. The van der Waals surface area contributed by atoms with E-state index in [9.17, 15) is 18.0 Å². The Hall–Kier alpha value is -1.72. The molecule has 0 spiro atoms. The lowest BCUT2D eigenvalue weighted by Crippen LogP contribution is -2.31. The van der Waals surface area contributed by atoms with E-state index in [0.717, 1.165) is 12.1 Å². The van der Waals surface area contributed by atoms with Crippen molar-refractivity contribution in [3.63, 3.8) is 0 Å². The molecule has 0 saturated heterocycles. The van der Waals surface area contributed by atoms with E-state index in [1.807, 2.05) is 0 Å². The summed E-state index contributed by atoms with van der Waals surface area (Å²) in [7, 11) is 0. The van der Waals surface area contributed by atoms with Crippen LogP contribution in [0.3, 0.4) is 0 Å². The Morgan fingerprint density at radius 1 is 1.22 bits per heavy atom. The van der Waals surface area contributed by atoms with Gasteiger partial charge in [-0.15, -0.1) is 0 Å². The third-order valence-electron chi connectivity index (χ3n) is 2.15. The van der Waals surface area contributed by atoms with Gasteiger partial charge >= 0.3 is 12.1 Å². The Morgan fingerprint density at radius 3 is 2.11 bits per heavy atom. The number of halogens is 3. The van der Waals surface area contributed by atoms with Crippen molar-refractivity contribution in [2.45, 2.75) is 32.0 Å². The molecule has 0 atom stereocenters. The second-order valence-corrected chi connectivity index (χ2v) is 4.45. The highest BCUT2D eigenvalue weighted by atomic mass is 19.4. The van der Waals surface area contributed by atoms with Crippen LogP contribution in [0.5, 0.6) is 5.75 Å². The molecule has 0 heterocycles. The Morgan fingerprint density at radius 2 is 1.72 bits per heavy atom. The summed E-state index contributed by atoms with van der Waals surface area (Å²) in [6, 6.07) is 4.14. The lowest BCUT2D eigenvalue weighted by Gasteiger charge is -2.24. The molecule has 0 aliphatic rings. The second kappa shape index (κ2) is 4.88. The lowest BCUT2D eigenvalue weighted by molar-refractivity contribution is -0.140. The Labute approximate surface area is 102 Å². The maximum Gasteiger partial charge on any atom is 0.416 e. The first-order chi connectivity index (χ1) is 8.10. The van der Waals surface area contributed by atoms with Crippen molar-refractivity contribution in [1.29, 1.82) is 0 Å². The third-order valence-corrected chi connectivity index (χ3v) is 2.15. The predicted octanol–water partition coefficient (Wildman–Crippen LogP) is 3.34. The maximum atomic E-state index is 12.3. The van der Waals surface area contributed by atoms with E-state index >= 15 is 0 Å². The highest BCUT2D eigenvalue weighted by molar-refractivity contribution is 5.68. The molecule has 0 bridgehead atoms. The molecule has 18 heavy (non-hydrogen) atoms. The molecular formula is C12H13F3O3. The molecule has 0 radical (unpaired) electrons. The lowest BCUT2D eigenvalue weighted by atomic mass is 10.1. The zero-order valence-corrected chi connectivity index (χ0v) is 9.91. The van der Waals surface area contributed by atoms with Crippen molar-refractivity contribution in [3.05, 3.63) is 29.8 Å². The van der Waals surface area contributed by atoms with Crippen LogP contribution in [0.25, 0.3) is 0 Å². The molecule has 0 fully saturated rings. The van der Waals surface area contributed by atoms with E-state index in [1.165, 1.54) is 12.1 Å². The second-order valence-electron chi connectivity index (χ2n) is 4.45. The molecule has 1 aromatic rings. The number of aliphatic carboxylic acids is 1. The minimum absolute atomic E-state index is 0.203. The quantitative estimate of drug-likeness (QED) is 0.905. The largest absolute Gasteiger partial charge is 0.487 e. The maximum absolute atomic E-state index is 12.3. The van der Waals surface area contributed by atoms with Gasteiger partial charge in [-0.05, 0) is 38.1 Å². The van der Waals surface area contributed by atoms with Gasteiger partial charge in [-0.2, -0.15) is 13.2 Å². The Bertz CT molecular complexity index is 421. The van der Waals surface area contributed by atoms with Crippen molar-refractivity contribution >= 4 is 5.97 Å². The molecule has 0 amide bonds. The van der Waals surface area contributed by atoms with Crippen LogP contribution in [0.4, 0.5) is 13.2 Å². The zero-order chi connectivity index (χ0) is 14.0. The average molecular weight is 262 g/mol. The summed E-state index contributed by atoms with van der Waals surface area (Å²) in [5, 5.41) is 8.65. The Balaban J connectivity index is 2.78. The van der Waals surface area contributed by atoms with Crippen LogP contribution >= 0.6 is 0 Å². The summed E-state index contributed by atoms with van der Waals surface area (Å²) in [5.41, 5.74) is -1.75. The van der Waals surface area contributed by atoms with Crippen molar-refractivity contribution in [3.8, 4) is 5.75 Å². The Kier molecular flexibility index (Phi) is 3.88. The monoisotopic (exact) mass is 262 g/mol. The molecule has 0 aliphatic carbocycles. The van der Waals surface area contributed by atoms with Gasteiger partial charge in [0.1, 0.15) is 11.4 Å². The number of carbonyl (C=O) groups is 1. The first-order valence-corrected chi connectivity index (χ1v) is 5.18. The van der Waals surface area contributed by atoms with Gasteiger partial charge in [-0.1, -0.05) is 0 Å². The zero-order valence-electron chi connectivity index (χ0n) is 9.91. The van der Waals surface area contributed by atoms with Gasteiger partial charge < -0.3 is 9.84 Å². The first kappa shape index (κ1) is 14.3. The van der Waals surface area contributed by atoms with Gasteiger partial charge in [-0.25, -0.2) is 0 Å². The summed E-state index contributed by atoms with van der Waals surface area (Å²) in [4.78, 5) is 10.6. The van der Waals surface area contributed by atoms with Gasteiger partial charge in [0.05, 0.1) is 12.0 Å². The standard InChI is InChI=1S/C12H13F3O3/c1-11(2,7-10(16)17)18-9-5-3-8(4-6-9)12(13,14)15/h3-6H,7H2,1-2H3,(H,16,17). The molecule has 1 aromatic carbocycles. The molecule has 0 unspecified atom stereocenters. The smallest absolute Gasteiger partial charge is 0.416 e. The van der Waals surface area contributed by atoms with Crippen LogP contribution in [0.15, 0.2) is 24.3 Å². The summed E-state index contributed by atoms with van der Waals surface area (Å²) in [5.74, 6) is -0.832. The van der Waals surface area contributed by atoms with E-state index < -0.39 is 23.3 Å². The molecule has 100 valence electrons. The fourth-order valence-electron chi connectivity index (χ4n) is 1.43. The summed E-state index contributed by atoms with van der Waals surface area (Å²) < 4.78 is 42.3. The first-order valence-electron chi connectivity index (χ1n) is 5.18. The van der Waals surface area contributed by atoms with Gasteiger partial charge in [-0.3, -0.25) is 4.79 Å². The summed E-state index contributed by atoms with van der Waals surface area (Å²) in [6.07, 6.45) is -4.64. The molecule has 0 aliphatic heterocycles. The molecule has 0 saturated carbocycles. The number of benzene rings is 1. The molecule has 1 N–H and O–H groups in total. The van der Waals surface area contributed by atoms with Gasteiger partial charge in [0.2, 0.25) is 0 Å². The molecule has 6 heteroatoms. The highest BCUT2D eigenvalue weighted by Crippen LogP contribution is 2.31. The fourth-order valence-corrected chi connectivity index (χ4v) is 1.43. The van der Waals surface area contributed by atoms with Crippen molar-refractivity contribution in [2.75, 3.05) is 0 Å². The highest BCUT2D eigenvalue weighted by Gasteiger charge is 2.30. The minimum atomic E-state index is -4.39. The number of alkyl halides is 3. The topological polar surface area (TPSA) is 46.5 Å². The van der Waals surface area contributed by atoms with Crippen molar-refractivity contribution < 1.29 is 27.8 Å². The molecular weight excluding hydrogens is 249 g/mol. The average Bonchev–Trinajstić information content (AvgIpc) is 2.13. The van der Waals surface area contributed by atoms with Gasteiger partial charge in [0.15, 0.2) is 0 Å². The van der Waals surface area contributed by atoms with E-state index in [1.54, 1.807) is 13.8 Å². The number of hydrogen-bond donors (Lipinski definition) is 1. The van der Waals surface area contributed by atoms with E-state index in [-0.39, 0.29) is 12.2 Å². The van der Waals surface area contributed by atoms with E-state index in [0.29, 0.717) is 0 Å². The number of carboxylic acid groups (broad SMARTS) is 1. The minimum Gasteiger partial charge on any atom is -0.487 e. The van der Waals surface area contributed by atoms with Crippen LogP contribution in [0.2, 0.25) is 0 Å².